The highest BCUT2D eigenvalue weighted by Crippen LogP contribution is 2.27. The van der Waals surface area contributed by atoms with Crippen LogP contribution in [0.1, 0.15) is 52.5 Å². The van der Waals surface area contributed by atoms with Gasteiger partial charge in [0.05, 0.1) is 11.1 Å². The van der Waals surface area contributed by atoms with Crippen LogP contribution in [0.3, 0.4) is 0 Å². The van der Waals surface area contributed by atoms with Gasteiger partial charge in [-0.2, -0.15) is 0 Å². The molecule has 0 saturated carbocycles. The molecule has 0 radical (unpaired) electrons. The molecule has 0 bridgehead atoms. The van der Waals surface area contributed by atoms with Gasteiger partial charge in [-0.3, -0.25) is 0 Å². The summed E-state index contributed by atoms with van der Waals surface area (Å²) in [7, 11) is 0. The van der Waals surface area contributed by atoms with E-state index in [0.717, 1.165) is 42.1 Å². The fourth-order valence-electron chi connectivity index (χ4n) is 2.20. The number of ether oxygens (including phenoxy) is 1. The molecule has 0 aliphatic rings. The zero-order valence-electron chi connectivity index (χ0n) is 13.9. The maximum absolute atomic E-state index is 5.69. The van der Waals surface area contributed by atoms with Crippen molar-refractivity contribution >= 4 is 15.9 Å². The van der Waals surface area contributed by atoms with Crippen LogP contribution < -0.4 is 10.1 Å². The van der Waals surface area contributed by atoms with Gasteiger partial charge in [-0.25, -0.2) is 0 Å². The van der Waals surface area contributed by atoms with Gasteiger partial charge in [-0.1, -0.05) is 33.8 Å². The number of nitrogens with one attached hydrogen (secondary N) is 1. The zero-order chi connectivity index (χ0) is 15.7. The average molecular weight is 356 g/mol. The first-order chi connectivity index (χ1) is 10.0. The SMILES string of the molecule is CCCOc1ccc(CCC(C)CCNC(C)C)cc1Br. The van der Waals surface area contributed by atoms with Gasteiger partial charge in [0, 0.05) is 6.04 Å². The normalized spacial score (nSPS) is 12.7. The zero-order valence-corrected chi connectivity index (χ0v) is 15.5. The van der Waals surface area contributed by atoms with E-state index in [0.29, 0.717) is 6.04 Å². The van der Waals surface area contributed by atoms with E-state index in [2.05, 4.69) is 67.1 Å². The molecule has 0 aliphatic heterocycles. The number of halogens is 1. The maximum atomic E-state index is 5.69. The molecule has 1 N–H and O–H groups in total. The van der Waals surface area contributed by atoms with Gasteiger partial charge < -0.3 is 10.1 Å². The van der Waals surface area contributed by atoms with E-state index in [1.807, 2.05) is 0 Å². The van der Waals surface area contributed by atoms with Crippen LogP contribution in [0.4, 0.5) is 0 Å². The van der Waals surface area contributed by atoms with Crippen LogP contribution in [-0.4, -0.2) is 19.2 Å². The Kier molecular flexibility index (Phi) is 9.02. The van der Waals surface area contributed by atoms with E-state index in [4.69, 9.17) is 4.74 Å². The van der Waals surface area contributed by atoms with Crippen molar-refractivity contribution in [2.75, 3.05) is 13.2 Å². The van der Waals surface area contributed by atoms with Crippen LogP contribution in [0.25, 0.3) is 0 Å². The van der Waals surface area contributed by atoms with E-state index < -0.39 is 0 Å². The highest BCUT2D eigenvalue weighted by molar-refractivity contribution is 9.10. The molecule has 0 fully saturated rings. The van der Waals surface area contributed by atoms with Crippen molar-refractivity contribution in [3.63, 3.8) is 0 Å². The molecule has 1 aromatic carbocycles. The Morgan fingerprint density at radius 2 is 1.95 bits per heavy atom. The number of hydrogen-bond acceptors (Lipinski definition) is 2. The number of benzene rings is 1. The van der Waals surface area contributed by atoms with Gasteiger partial charge in [-0.05, 0) is 71.8 Å². The van der Waals surface area contributed by atoms with E-state index in [-0.39, 0.29) is 0 Å². The standard InChI is InChI=1S/C18H30BrNO/c1-5-12-21-18-9-8-16(13-17(18)19)7-6-15(4)10-11-20-14(2)3/h8-9,13-15,20H,5-7,10-12H2,1-4H3. The second kappa shape index (κ2) is 10.2. The summed E-state index contributed by atoms with van der Waals surface area (Å²) >= 11 is 3.61. The van der Waals surface area contributed by atoms with Crippen LogP contribution in [-0.2, 0) is 6.42 Å². The lowest BCUT2D eigenvalue weighted by Gasteiger charge is -2.14. The Morgan fingerprint density at radius 3 is 2.57 bits per heavy atom. The molecular weight excluding hydrogens is 326 g/mol. The molecule has 0 spiro atoms. The third-order valence-electron chi connectivity index (χ3n) is 3.57. The molecule has 1 unspecified atom stereocenters. The molecule has 120 valence electrons. The van der Waals surface area contributed by atoms with E-state index in [1.165, 1.54) is 18.4 Å². The molecule has 1 rings (SSSR count). The minimum atomic E-state index is 0.587. The van der Waals surface area contributed by atoms with Gasteiger partial charge in [0.15, 0.2) is 0 Å². The molecule has 0 heterocycles. The molecule has 0 amide bonds. The summed E-state index contributed by atoms with van der Waals surface area (Å²) in [6, 6.07) is 7.06. The fourth-order valence-corrected chi connectivity index (χ4v) is 2.75. The smallest absolute Gasteiger partial charge is 0.133 e. The van der Waals surface area contributed by atoms with E-state index >= 15 is 0 Å². The van der Waals surface area contributed by atoms with E-state index in [9.17, 15) is 0 Å². The van der Waals surface area contributed by atoms with Crippen molar-refractivity contribution in [3.8, 4) is 5.75 Å². The molecule has 21 heavy (non-hydrogen) atoms. The Morgan fingerprint density at radius 1 is 1.19 bits per heavy atom. The summed E-state index contributed by atoms with van der Waals surface area (Å²) in [6.07, 6.45) is 4.66. The minimum Gasteiger partial charge on any atom is -0.492 e. The Labute approximate surface area is 138 Å². The molecular formula is C18H30BrNO. The number of hydrogen-bond donors (Lipinski definition) is 1. The first kappa shape index (κ1) is 18.5. The number of aryl methyl sites for hydroxylation is 1. The summed E-state index contributed by atoms with van der Waals surface area (Å²) in [4.78, 5) is 0. The molecule has 1 atom stereocenters. The lowest BCUT2D eigenvalue weighted by atomic mass is 9.98. The third-order valence-corrected chi connectivity index (χ3v) is 4.19. The van der Waals surface area contributed by atoms with Crippen LogP contribution >= 0.6 is 15.9 Å². The Balaban J connectivity index is 2.36. The van der Waals surface area contributed by atoms with Gasteiger partial charge in [-0.15, -0.1) is 0 Å². The van der Waals surface area contributed by atoms with Gasteiger partial charge in [0.1, 0.15) is 5.75 Å². The van der Waals surface area contributed by atoms with Crippen molar-refractivity contribution in [2.24, 2.45) is 5.92 Å². The summed E-state index contributed by atoms with van der Waals surface area (Å²) in [5.74, 6) is 1.71. The lowest BCUT2D eigenvalue weighted by Crippen LogP contribution is -2.24. The number of rotatable bonds is 10. The van der Waals surface area contributed by atoms with Crippen molar-refractivity contribution in [2.45, 2.75) is 59.4 Å². The third kappa shape index (κ3) is 7.87. The highest BCUT2D eigenvalue weighted by Gasteiger charge is 2.06. The Bertz CT molecular complexity index is 406. The second-order valence-corrected chi connectivity index (χ2v) is 7.01. The van der Waals surface area contributed by atoms with Crippen molar-refractivity contribution in [1.82, 2.24) is 5.32 Å². The summed E-state index contributed by atoms with van der Waals surface area (Å²) < 4.78 is 6.76. The largest absolute Gasteiger partial charge is 0.492 e. The first-order valence-corrected chi connectivity index (χ1v) is 8.96. The summed E-state index contributed by atoms with van der Waals surface area (Å²) in [6.45, 7) is 10.8. The maximum Gasteiger partial charge on any atom is 0.133 e. The molecule has 1 aromatic rings. The van der Waals surface area contributed by atoms with Crippen molar-refractivity contribution in [1.29, 1.82) is 0 Å². The Hall–Kier alpha value is -0.540. The molecule has 0 saturated heterocycles. The van der Waals surface area contributed by atoms with Crippen LogP contribution in [0.15, 0.2) is 22.7 Å². The van der Waals surface area contributed by atoms with Crippen LogP contribution in [0.2, 0.25) is 0 Å². The van der Waals surface area contributed by atoms with Crippen LogP contribution in [0, 0.1) is 5.92 Å². The first-order valence-electron chi connectivity index (χ1n) is 8.17. The summed E-state index contributed by atoms with van der Waals surface area (Å²) in [5.41, 5.74) is 1.38. The predicted octanol–water partition coefficient (Wildman–Crippen LogP) is 5.19. The molecule has 0 aliphatic carbocycles. The van der Waals surface area contributed by atoms with E-state index in [1.54, 1.807) is 0 Å². The summed E-state index contributed by atoms with van der Waals surface area (Å²) in [5, 5.41) is 3.49. The van der Waals surface area contributed by atoms with Crippen molar-refractivity contribution < 1.29 is 4.74 Å². The average Bonchev–Trinajstić information content (AvgIpc) is 2.43. The van der Waals surface area contributed by atoms with Gasteiger partial charge in [0.25, 0.3) is 0 Å². The van der Waals surface area contributed by atoms with Crippen LogP contribution in [0.5, 0.6) is 5.75 Å². The van der Waals surface area contributed by atoms with Gasteiger partial charge >= 0.3 is 0 Å². The monoisotopic (exact) mass is 355 g/mol. The predicted molar refractivity (Wildman–Crippen MR) is 95.2 cm³/mol. The quantitative estimate of drug-likeness (QED) is 0.623. The topological polar surface area (TPSA) is 21.3 Å². The van der Waals surface area contributed by atoms with Crippen molar-refractivity contribution in [3.05, 3.63) is 28.2 Å². The molecule has 0 aromatic heterocycles. The molecule has 2 nitrogen and oxygen atoms in total. The van der Waals surface area contributed by atoms with Gasteiger partial charge in [0.2, 0.25) is 0 Å². The molecule has 3 heteroatoms. The second-order valence-electron chi connectivity index (χ2n) is 6.15. The fraction of sp³-hybridized carbons (Fsp3) is 0.667. The lowest BCUT2D eigenvalue weighted by molar-refractivity contribution is 0.315. The highest BCUT2D eigenvalue weighted by atomic mass is 79.9. The minimum absolute atomic E-state index is 0.587.